The minimum absolute atomic E-state index is 0.0719. The van der Waals surface area contributed by atoms with Crippen molar-refractivity contribution in [1.29, 1.82) is 0 Å². The van der Waals surface area contributed by atoms with Crippen molar-refractivity contribution >= 4 is 6.47 Å². The van der Waals surface area contributed by atoms with Gasteiger partial charge in [0.2, 0.25) is 0 Å². The van der Waals surface area contributed by atoms with E-state index in [0.29, 0.717) is 5.69 Å². The van der Waals surface area contributed by atoms with Crippen molar-refractivity contribution < 1.29 is 22.8 Å². The van der Waals surface area contributed by atoms with E-state index in [1.807, 2.05) is 0 Å². The Bertz CT molecular complexity index is 382. The van der Waals surface area contributed by atoms with E-state index in [1.54, 1.807) is 0 Å². The van der Waals surface area contributed by atoms with Crippen LogP contribution in [0.25, 0.3) is 0 Å². The van der Waals surface area contributed by atoms with E-state index in [4.69, 9.17) is 0 Å². The van der Waals surface area contributed by atoms with Crippen molar-refractivity contribution in [1.82, 2.24) is 9.94 Å². The molecule has 1 aliphatic rings. The number of carbonyl (C=O) groups is 1. The molecule has 0 saturated heterocycles. The normalized spacial score (nSPS) is 16.5. The third-order valence-electron chi connectivity index (χ3n) is 2.13. The average molecular weight is 220 g/mol. The van der Waals surface area contributed by atoms with Crippen LogP contribution in [0.15, 0.2) is 6.07 Å². The monoisotopic (exact) mass is 220 g/mol. The van der Waals surface area contributed by atoms with Gasteiger partial charge in [0.25, 0.3) is 0 Å². The Labute approximate surface area is 82.6 Å². The molecule has 82 valence electrons. The Morgan fingerprint density at radius 3 is 2.67 bits per heavy atom. The first-order valence-electron chi connectivity index (χ1n) is 4.30. The van der Waals surface area contributed by atoms with Crippen LogP contribution in [0.2, 0.25) is 0 Å². The third-order valence-corrected chi connectivity index (χ3v) is 2.13. The maximum atomic E-state index is 12.4. The van der Waals surface area contributed by atoms with Crippen molar-refractivity contribution in [3.63, 3.8) is 0 Å². The highest BCUT2D eigenvalue weighted by atomic mass is 19.4. The summed E-state index contributed by atoms with van der Waals surface area (Å²) < 4.78 is 37.2. The molecule has 1 heterocycles. The molecule has 1 saturated carbocycles. The number of carbonyl (C=O) groups excluding carboxylic acids is 1. The molecule has 0 spiro atoms. The highest BCUT2D eigenvalue weighted by Gasteiger charge is 2.39. The zero-order valence-electron chi connectivity index (χ0n) is 7.49. The molecule has 1 aromatic rings. The van der Waals surface area contributed by atoms with E-state index >= 15 is 0 Å². The van der Waals surface area contributed by atoms with E-state index in [9.17, 15) is 18.0 Å². The molecular weight excluding hydrogens is 213 g/mol. The van der Waals surface area contributed by atoms with Crippen LogP contribution < -0.4 is 4.84 Å². The lowest BCUT2D eigenvalue weighted by Crippen LogP contribution is -2.20. The summed E-state index contributed by atoms with van der Waals surface area (Å²) in [5.41, 5.74) is -0.735. The fourth-order valence-electron chi connectivity index (χ4n) is 1.27. The number of alkyl halides is 3. The topological polar surface area (TPSA) is 44.1 Å². The smallest absolute Gasteiger partial charge is 0.322 e. The molecule has 0 radical (unpaired) electrons. The third kappa shape index (κ3) is 1.95. The molecule has 0 bridgehead atoms. The van der Waals surface area contributed by atoms with Gasteiger partial charge in [-0.1, -0.05) is 4.85 Å². The number of aromatic nitrogens is 2. The van der Waals surface area contributed by atoms with E-state index in [0.717, 1.165) is 18.9 Å². The van der Waals surface area contributed by atoms with E-state index in [-0.39, 0.29) is 17.2 Å². The van der Waals surface area contributed by atoms with Crippen LogP contribution in [0.5, 0.6) is 0 Å². The second kappa shape index (κ2) is 3.25. The van der Waals surface area contributed by atoms with Gasteiger partial charge >= 0.3 is 12.6 Å². The van der Waals surface area contributed by atoms with E-state index in [2.05, 4.69) is 9.94 Å². The number of hydrogen-bond acceptors (Lipinski definition) is 3. The molecule has 0 aromatic carbocycles. The number of nitrogens with zero attached hydrogens (tertiary/aromatic N) is 2. The van der Waals surface area contributed by atoms with Crippen molar-refractivity contribution in [3.05, 3.63) is 17.5 Å². The molecule has 1 aromatic heterocycles. The zero-order valence-corrected chi connectivity index (χ0v) is 7.49. The first-order chi connectivity index (χ1) is 7.02. The second-order valence-corrected chi connectivity index (χ2v) is 3.30. The minimum Gasteiger partial charge on any atom is -0.322 e. The van der Waals surface area contributed by atoms with Crippen LogP contribution in [-0.2, 0) is 11.0 Å². The first kappa shape index (κ1) is 10.0. The molecule has 1 fully saturated rings. The fraction of sp³-hybridized carbons (Fsp3) is 0.500. The summed E-state index contributed by atoms with van der Waals surface area (Å²) in [6.45, 7) is -0.0844. The quantitative estimate of drug-likeness (QED) is 0.722. The molecule has 2 rings (SSSR count). The Morgan fingerprint density at radius 2 is 2.20 bits per heavy atom. The van der Waals surface area contributed by atoms with E-state index < -0.39 is 11.9 Å². The summed E-state index contributed by atoms with van der Waals surface area (Å²) in [7, 11) is 0. The number of hydrogen-bond donors (Lipinski definition) is 0. The van der Waals surface area contributed by atoms with Gasteiger partial charge in [0.1, 0.15) is 0 Å². The van der Waals surface area contributed by atoms with Gasteiger partial charge in [0.05, 0.1) is 5.69 Å². The molecule has 4 nitrogen and oxygen atoms in total. The lowest BCUT2D eigenvalue weighted by molar-refractivity contribution is -0.157. The summed E-state index contributed by atoms with van der Waals surface area (Å²) in [5, 5.41) is 3.57. The fourth-order valence-corrected chi connectivity index (χ4v) is 1.27. The summed E-state index contributed by atoms with van der Waals surface area (Å²) in [5.74, 6) is 0.0719. The second-order valence-electron chi connectivity index (χ2n) is 3.30. The van der Waals surface area contributed by atoms with Gasteiger partial charge in [-0.3, -0.25) is 4.79 Å². The van der Waals surface area contributed by atoms with Gasteiger partial charge in [-0.15, -0.1) is 5.10 Å². The Kier molecular flexibility index (Phi) is 2.17. The van der Waals surface area contributed by atoms with E-state index in [1.165, 1.54) is 0 Å². The van der Waals surface area contributed by atoms with Crippen LogP contribution in [-0.4, -0.2) is 16.4 Å². The van der Waals surface area contributed by atoms with Crippen LogP contribution in [0.4, 0.5) is 13.2 Å². The SMILES string of the molecule is O=COn1nc(C2CC2)cc1C(F)(F)F. The van der Waals surface area contributed by atoms with Gasteiger partial charge in [0, 0.05) is 5.92 Å². The van der Waals surface area contributed by atoms with Crippen LogP contribution in [0, 0.1) is 0 Å². The lowest BCUT2D eigenvalue weighted by Gasteiger charge is -2.05. The molecule has 0 N–H and O–H groups in total. The molecule has 0 amide bonds. The summed E-state index contributed by atoms with van der Waals surface area (Å²) in [6.07, 6.45) is -2.91. The highest BCUT2D eigenvalue weighted by Crippen LogP contribution is 2.41. The van der Waals surface area contributed by atoms with Gasteiger partial charge in [-0.05, 0) is 18.9 Å². The van der Waals surface area contributed by atoms with Crippen molar-refractivity contribution in [2.45, 2.75) is 24.9 Å². The minimum atomic E-state index is -4.57. The Hall–Kier alpha value is -1.53. The van der Waals surface area contributed by atoms with Crippen molar-refractivity contribution in [3.8, 4) is 0 Å². The van der Waals surface area contributed by atoms with Crippen LogP contribution in [0.1, 0.15) is 30.1 Å². The van der Waals surface area contributed by atoms with Crippen LogP contribution >= 0.6 is 0 Å². The van der Waals surface area contributed by atoms with Gasteiger partial charge in [-0.2, -0.15) is 13.2 Å². The van der Waals surface area contributed by atoms with Gasteiger partial charge in [-0.25, -0.2) is 0 Å². The Morgan fingerprint density at radius 1 is 1.53 bits per heavy atom. The molecule has 0 atom stereocenters. The van der Waals surface area contributed by atoms with Gasteiger partial charge < -0.3 is 4.84 Å². The largest absolute Gasteiger partial charge is 0.436 e. The molecular formula is C8H7F3N2O2. The molecule has 7 heteroatoms. The maximum absolute atomic E-state index is 12.4. The molecule has 1 aliphatic carbocycles. The first-order valence-corrected chi connectivity index (χ1v) is 4.30. The van der Waals surface area contributed by atoms with Gasteiger partial charge in [0.15, 0.2) is 5.69 Å². The summed E-state index contributed by atoms with van der Waals surface area (Å²) in [4.78, 5) is 14.3. The highest BCUT2D eigenvalue weighted by molar-refractivity contribution is 5.37. The van der Waals surface area contributed by atoms with Crippen molar-refractivity contribution in [2.75, 3.05) is 0 Å². The lowest BCUT2D eigenvalue weighted by atomic mass is 10.2. The summed E-state index contributed by atoms with van der Waals surface area (Å²) >= 11 is 0. The molecule has 15 heavy (non-hydrogen) atoms. The molecule has 0 aliphatic heterocycles. The predicted octanol–water partition coefficient (Wildman–Crippen LogP) is 1.36. The predicted molar refractivity (Wildman–Crippen MR) is 41.8 cm³/mol. The number of rotatable bonds is 3. The van der Waals surface area contributed by atoms with Crippen LogP contribution in [0.3, 0.4) is 0 Å². The summed E-state index contributed by atoms with van der Waals surface area (Å²) in [6, 6.07) is 0.918. The zero-order chi connectivity index (χ0) is 11.1. The standard InChI is InChI=1S/C8H7F3N2O2/c9-8(10,11)7-3-6(5-1-2-5)12-13(7)15-4-14/h3-5H,1-2H2. The maximum Gasteiger partial charge on any atom is 0.436 e. The Balaban J connectivity index is 2.36. The molecule has 0 unspecified atom stereocenters. The number of halogens is 3. The average Bonchev–Trinajstić information content (AvgIpc) is 2.87. The van der Waals surface area contributed by atoms with Crippen molar-refractivity contribution in [2.24, 2.45) is 0 Å².